The van der Waals surface area contributed by atoms with Gasteiger partial charge in [-0.3, -0.25) is 0 Å². The number of nitrogens with one attached hydrogen (secondary N) is 1. The minimum absolute atomic E-state index is 0. The van der Waals surface area contributed by atoms with Gasteiger partial charge in [-0.1, -0.05) is 61.9 Å². The van der Waals surface area contributed by atoms with Crippen molar-refractivity contribution >= 4 is 28.3 Å². The zero-order valence-electron chi connectivity index (χ0n) is 17.7. The molecule has 0 aromatic heterocycles. The molecule has 0 radical (unpaired) electrons. The lowest BCUT2D eigenvalue weighted by molar-refractivity contribution is 0.277. The van der Waals surface area contributed by atoms with E-state index >= 15 is 0 Å². The molecule has 0 spiro atoms. The predicted octanol–water partition coefficient (Wildman–Crippen LogP) is 7.23. The highest BCUT2D eigenvalue weighted by Gasteiger charge is 2.15. The fourth-order valence-electron chi connectivity index (χ4n) is 3.38. The van der Waals surface area contributed by atoms with Crippen molar-refractivity contribution in [2.75, 3.05) is 7.11 Å². The Morgan fingerprint density at radius 1 is 1.03 bits per heavy atom. The summed E-state index contributed by atoms with van der Waals surface area (Å²) in [6.07, 6.45) is 2.16. The summed E-state index contributed by atoms with van der Waals surface area (Å²) in [4.78, 5) is 0. The molecule has 0 heterocycles. The first kappa shape index (κ1) is 25.2. The predicted molar refractivity (Wildman–Crippen MR) is 130 cm³/mol. The van der Waals surface area contributed by atoms with Crippen LogP contribution < -0.4 is 14.8 Å². The van der Waals surface area contributed by atoms with Crippen LogP contribution in [0.25, 0.3) is 0 Å². The summed E-state index contributed by atoms with van der Waals surface area (Å²) in [5.74, 6) is 0.901. The van der Waals surface area contributed by atoms with Crippen LogP contribution in [-0.4, -0.2) is 7.11 Å². The van der Waals surface area contributed by atoms with Crippen molar-refractivity contribution in [2.45, 2.75) is 39.0 Å². The SMILES string of the molecule is CCCC(NCc1cc(Br)c(OCc2ccccc2F)c(OC)c1)c1ccccc1.Cl. The third-order valence-electron chi connectivity index (χ3n) is 4.95. The van der Waals surface area contributed by atoms with Gasteiger partial charge < -0.3 is 14.8 Å². The average molecular weight is 509 g/mol. The van der Waals surface area contributed by atoms with Crippen molar-refractivity contribution in [3.8, 4) is 11.5 Å². The quantitative estimate of drug-likeness (QED) is 0.313. The summed E-state index contributed by atoms with van der Waals surface area (Å²) in [6.45, 7) is 3.02. The van der Waals surface area contributed by atoms with Crippen LogP contribution in [0.15, 0.2) is 71.2 Å². The van der Waals surface area contributed by atoms with E-state index in [4.69, 9.17) is 9.47 Å². The Balaban J connectivity index is 0.00000341. The number of hydrogen-bond donors (Lipinski definition) is 1. The normalized spacial score (nSPS) is 11.5. The Morgan fingerprint density at radius 3 is 2.42 bits per heavy atom. The molecule has 6 heteroatoms. The van der Waals surface area contributed by atoms with Crippen molar-refractivity contribution in [3.63, 3.8) is 0 Å². The Morgan fingerprint density at radius 2 is 1.74 bits per heavy atom. The first-order valence-electron chi connectivity index (χ1n) is 10.1. The van der Waals surface area contributed by atoms with Crippen LogP contribution in [0, 0.1) is 5.82 Å². The van der Waals surface area contributed by atoms with Crippen LogP contribution in [0.3, 0.4) is 0 Å². The van der Waals surface area contributed by atoms with E-state index in [0.717, 1.165) is 22.9 Å². The third-order valence-corrected chi connectivity index (χ3v) is 5.54. The lowest BCUT2D eigenvalue weighted by Gasteiger charge is -2.20. The minimum Gasteiger partial charge on any atom is -0.493 e. The Bertz CT molecular complexity index is 956. The van der Waals surface area contributed by atoms with Crippen molar-refractivity contribution in [1.82, 2.24) is 5.32 Å². The number of rotatable bonds is 10. The summed E-state index contributed by atoms with van der Waals surface area (Å²) in [5.41, 5.74) is 2.87. The van der Waals surface area contributed by atoms with E-state index < -0.39 is 0 Å². The maximum Gasteiger partial charge on any atom is 0.175 e. The summed E-state index contributed by atoms with van der Waals surface area (Å²) in [6, 6.07) is 21.4. The van der Waals surface area contributed by atoms with Gasteiger partial charge in [0.2, 0.25) is 0 Å². The zero-order valence-corrected chi connectivity index (χ0v) is 20.1. The number of ether oxygens (including phenoxy) is 2. The Hall–Kier alpha value is -2.08. The molecule has 0 fully saturated rings. The third kappa shape index (κ3) is 6.96. The largest absolute Gasteiger partial charge is 0.493 e. The lowest BCUT2D eigenvalue weighted by Crippen LogP contribution is -2.20. The number of halogens is 3. The van der Waals surface area contributed by atoms with Gasteiger partial charge in [0, 0.05) is 18.2 Å². The molecule has 3 rings (SSSR count). The van der Waals surface area contributed by atoms with Gasteiger partial charge in [-0.05, 0) is 51.7 Å². The minimum atomic E-state index is -0.281. The molecule has 1 N–H and O–H groups in total. The molecule has 0 aliphatic heterocycles. The first-order valence-corrected chi connectivity index (χ1v) is 10.9. The van der Waals surface area contributed by atoms with Gasteiger partial charge in [0.1, 0.15) is 12.4 Å². The van der Waals surface area contributed by atoms with Crippen LogP contribution in [0.5, 0.6) is 11.5 Å². The second-order valence-corrected chi connectivity index (χ2v) is 7.98. The molecule has 1 atom stereocenters. The van der Waals surface area contributed by atoms with Gasteiger partial charge in [0.15, 0.2) is 11.5 Å². The zero-order chi connectivity index (χ0) is 21.3. The molecule has 3 nitrogen and oxygen atoms in total. The summed E-state index contributed by atoms with van der Waals surface area (Å²) in [7, 11) is 1.61. The van der Waals surface area contributed by atoms with Crippen LogP contribution in [0.4, 0.5) is 4.39 Å². The molecule has 0 saturated carbocycles. The first-order chi connectivity index (χ1) is 14.6. The highest BCUT2D eigenvalue weighted by molar-refractivity contribution is 9.10. The van der Waals surface area contributed by atoms with E-state index in [-0.39, 0.29) is 30.9 Å². The summed E-state index contributed by atoms with van der Waals surface area (Å²) < 4.78 is 26.1. The molecule has 0 bridgehead atoms. The van der Waals surface area contributed by atoms with E-state index in [1.165, 1.54) is 11.6 Å². The van der Waals surface area contributed by atoms with E-state index in [2.05, 4.69) is 52.4 Å². The van der Waals surface area contributed by atoms with E-state index in [9.17, 15) is 4.39 Å². The number of methoxy groups -OCH3 is 1. The maximum absolute atomic E-state index is 13.9. The van der Waals surface area contributed by atoms with E-state index in [1.807, 2.05) is 18.2 Å². The molecule has 0 aliphatic carbocycles. The van der Waals surface area contributed by atoms with Crippen LogP contribution >= 0.6 is 28.3 Å². The van der Waals surface area contributed by atoms with Crippen molar-refractivity contribution in [3.05, 3.63) is 93.7 Å². The summed E-state index contributed by atoms with van der Waals surface area (Å²) in [5, 5.41) is 3.65. The molecule has 166 valence electrons. The van der Waals surface area contributed by atoms with Crippen LogP contribution in [0.1, 0.15) is 42.5 Å². The second kappa shape index (κ2) is 12.7. The van der Waals surface area contributed by atoms with Crippen molar-refractivity contribution in [2.24, 2.45) is 0 Å². The molecular formula is C25H28BrClFNO2. The number of hydrogen-bond acceptors (Lipinski definition) is 3. The fraction of sp³-hybridized carbons (Fsp3) is 0.280. The van der Waals surface area contributed by atoms with Crippen LogP contribution in [0.2, 0.25) is 0 Å². The van der Waals surface area contributed by atoms with Gasteiger partial charge >= 0.3 is 0 Å². The molecule has 31 heavy (non-hydrogen) atoms. The molecular weight excluding hydrogens is 481 g/mol. The molecule has 0 aliphatic rings. The summed E-state index contributed by atoms with van der Waals surface area (Å²) >= 11 is 3.59. The van der Waals surface area contributed by atoms with Crippen molar-refractivity contribution < 1.29 is 13.9 Å². The highest BCUT2D eigenvalue weighted by Crippen LogP contribution is 2.37. The monoisotopic (exact) mass is 507 g/mol. The van der Waals surface area contributed by atoms with Gasteiger partial charge in [0.05, 0.1) is 11.6 Å². The molecule has 3 aromatic carbocycles. The smallest absolute Gasteiger partial charge is 0.175 e. The van der Waals surface area contributed by atoms with Gasteiger partial charge in [-0.2, -0.15) is 0 Å². The molecule has 0 amide bonds. The highest BCUT2D eigenvalue weighted by atomic mass is 79.9. The van der Waals surface area contributed by atoms with E-state index in [0.29, 0.717) is 23.6 Å². The van der Waals surface area contributed by atoms with Gasteiger partial charge in [0.25, 0.3) is 0 Å². The fourth-order valence-corrected chi connectivity index (χ4v) is 3.99. The van der Waals surface area contributed by atoms with Crippen molar-refractivity contribution in [1.29, 1.82) is 0 Å². The standard InChI is InChI=1S/C25H27BrFNO2.ClH/c1-3-9-23(19-10-5-4-6-11-19)28-16-18-14-21(26)25(24(15-18)29-2)30-17-20-12-7-8-13-22(20)27;/h4-8,10-15,23,28H,3,9,16-17H2,1-2H3;1H. The molecule has 3 aromatic rings. The second-order valence-electron chi connectivity index (χ2n) is 7.12. The Labute approximate surface area is 198 Å². The lowest BCUT2D eigenvalue weighted by atomic mass is 10.0. The maximum atomic E-state index is 13.9. The number of benzene rings is 3. The average Bonchev–Trinajstić information content (AvgIpc) is 2.77. The van der Waals surface area contributed by atoms with Crippen LogP contribution in [-0.2, 0) is 13.2 Å². The Kier molecular flexibility index (Phi) is 10.3. The molecule has 1 unspecified atom stereocenters. The van der Waals surface area contributed by atoms with Gasteiger partial charge in [-0.15, -0.1) is 12.4 Å². The van der Waals surface area contributed by atoms with E-state index in [1.54, 1.807) is 25.3 Å². The molecule has 0 saturated heterocycles. The topological polar surface area (TPSA) is 30.5 Å². The van der Waals surface area contributed by atoms with Gasteiger partial charge in [-0.25, -0.2) is 4.39 Å².